The topological polar surface area (TPSA) is 36.9 Å². The quantitative estimate of drug-likeness (QED) is 0.196. The summed E-state index contributed by atoms with van der Waals surface area (Å²) in [5.41, 5.74) is 0. The van der Waals surface area contributed by atoms with E-state index in [1.165, 1.54) is 44.9 Å². The minimum Gasteiger partial charge on any atom is -0.234 e. The Hall–Kier alpha value is -0.160. The molecule has 144 valence electrons. The second-order valence-corrected chi connectivity index (χ2v) is 7.11. The molecule has 0 atom stereocenters. The van der Waals surface area contributed by atoms with Crippen LogP contribution in [-0.2, 0) is 19.6 Å². The first-order valence-corrected chi connectivity index (χ1v) is 10.4. The Labute approximate surface area is 149 Å². The van der Waals surface area contributed by atoms with Crippen molar-refractivity contribution < 1.29 is 19.6 Å². The van der Waals surface area contributed by atoms with Crippen molar-refractivity contribution in [2.24, 2.45) is 0 Å². The highest BCUT2D eigenvalue weighted by Crippen LogP contribution is 2.30. The molecule has 0 saturated heterocycles. The maximum Gasteiger partial charge on any atom is 0.233 e. The van der Waals surface area contributed by atoms with E-state index >= 15 is 0 Å². The molecule has 0 bridgehead atoms. The van der Waals surface area contributed by atoms with E-state index in [1.807, 2.05) is 0 Å². The summed E-state index contributed by atoms with van der Waals surface area (Å²) in [6, 6.07) is 0. The van der Waals surface area contributed by atoms with Crippen LogP contribution in [-0.4, -0.2) is 19.0 Å². The first-order valence-electron chi connectivity index (χ1n) is 10.4. The third kappa shape index (κ3) is 10.7. The molecule has 1 fully saturated rings. The smallest absolute Gasteiger partial charge is 0.233 e. The van der Waals surface area contributed by atoms with E-state index in [-0.39, 0.29) is 0 Å². The molecule has 0 aromatic heterocycles. The molecule has 1 aliphatic carbocycles. The van der Waals surface area contributed by atoms with E-state index in [0.29, 0.717) is 13.2 Å². The molecule has 0 aliphatic heterocycles. The lowest BCUT2D eigenvalue weighted by Gasteiger charge is -2.31. The predicted molar refractivity (Wildman–Crippen MR) is 97.4 cm³/mol. The molecule has 0 aromatic rings. The largest absolute Gasteiger partial charge is 0.234 e. The molecule has 1 aliphatic rings. The van der Waals surface area contributed by atoms with Crippen LogP contribution in [0.15, 0.2) is 0 Å². The van der Waals surface area contributed by atoms with Gasteiger partial charge in [0.15, 0.2) is 0 Å². The highest BCUT2D eigenvalue weighted by molar-refractivity contribution is 4.69. The van der Waals surface area contributed by atoms with Gasteiger partial charge in [-0.2, -0.15) is 9.78 Å². The fourth-order valence-corrected chi connectivity index (χ4v) is 3.04. The molecule has 1 saturated carbocycles. The minimum atomic E-state index is -0.722. The highest BCUT2D eigenvalue weighted by atomic mass is 17.3. The number of hydrogen-bond donors (Lipinski definition) is 0. The van der Waals surface area contributed by atoms with Crippen LogP contribution in [0.1, 0.15) is 110 Å². The van der Waals surface area contributed by atoms with Crippen molar-refractivity contribution in [1.82, 2.24) is 0 Å². The Bertz CT molecular complexity index is 237. The van der Waals surface area contributed by atoms with E-state index in [1.54, 1.807) is 0 Å². The fraction of sp³-hybridized carbons (Fsp3) is 1.00. The zero-order valence-corrected chi connectivity index (χ0v) is 16.2. The van der Waals surface area contributed by atoms with Gasteiger partial charge < -0.3 is 0 Å². The van der Waals surface area contributed by atoms with Crippen molar-refractivity contribution in [3.63, 3.8) is 0 Å². The van der Waals surface area contributed by atoms with E-state index in [4.69, 9.17) is 19.6 Å². The van der Waals surface area contributed by atoms with E-state index in [9.17, 15) is 0 Å². The van der Waals surface area contributed by atoms with E-state index < -0.39 is 5.79 Å². The summed E-state index contributed by atoms with van der Waals surface area (Å²) in [7, 11) is 0. The van der Waals surface area contributed by atoms with Crippen LogP contribution >= 0.6 is 0 Å². The summed E-state index contributed by atoms with van der Waals surface area (Å²) in [5.74, 6) is -0.722. The number of unbranched alkanes of at least 4 members (excludes halogenated alkanes) is 2. The van der Waals surface area contributed by atoms with Crippen molar-refractivity contribution in [2.75, 3.05) is 13.2 Å². The van der Waals surface area contributed by atoms with Crippen LogP contribution in [0.3, 0.4) is 0 Å². The van der Waals surface area contributed by atoms with Crippen LogP contribution in [0.5, 0.6) is 0 Å². The van der Waals surface area contributed by atoms with Crippen molar-refractivity contribution >= 4 is 0 Å². The molecule has 0 amide bonds. The Morgan fingerprint density at radius 3 is 1.33 bits per heavy atom. The van der Waals surface area contributed by atoms with Crippen molar-refractivity contribution in [1.29, 1.82) is 0 Å². The average Bonchev–Trinajstić information content (AvgIpc) is 2.58. The second-order valence-electron chi connectivity index (χ2n) is 7.11. The molecular weight excluding hydrogens is 304 g/mol. The van der Waals surface area contributed by atoms with Gasteiger partial charge in [0.25, 0.3) is 0 Å². The summed E-state index contributed by atoms with van der Waals surface area (Å²) in [6.07, 6.45) is 17.3. The first kappa shape index (κ1) is 21.9. The van der Waals surface area contributed by atoms with Gasteiger partial charge in [0.1, 0.15) is 0 Å². The van der Waals surface area contributed by atoms with Gasteiger partial charge in [-0.05, 0) is 25.7 Å². The lowest BCUT2D eigenvalue weighted by Crippen LogP contribution is -2.37. The van der Waals surface area contributed by atoms with Gasteiger partial charge in [-0.25, -0.2) is 9.78 Å². The second kappa shape index (κ2) is 15.1. The first-order chi connectivity index (χ1) is 11.8. The third-order valence-corrected chi connectivity index (χ3v) is 4.70. The third-order valence-electron chi connectivity index (χ3n) is 4.70. The Morgan fingerprint density at radius 1 is 0.583 bits per heavy atom. The van der Waals surface area contributed by atoms with Gasteiger partial charge in [0.2, 0.25) is 5.79 Å². The lowest BCUT2D eigenvalue weighted by molar-refractivity contribution is -0.515. The molecule has 4 heteroatoms. The SMILES string of the molecule is CCCCOOC1(OOCCCC)CCCCCCCCCCC1. The van der Waals surface area contributed by atoms with Crippen LogP contribution in [0.2, 0.25) is 0 Å². The zero-order chi connectivity index (χ0) is 17.3. The van der Waals surface area contributed by atoms with Crippen molar-refractivity contribution in [3.8, 4) is 0 Å². The van der Waals surface area contributed by atoms with Crippen molar-refractivity contribution in [2.45, 2.75) is 116 Å². The standard InChI is InChI=1S/C20H40O4/c1-3-5-18-21-23-20(24-22-19-6-4-2)16-14-12-10-8-7-9-11-13-15-17-20/h3-19H2,1-2H3. The Kier molecular flexibility index (Phi) is 13.8. The molecule has 1 rings (SSSR count). The fourth-order valence-electron chi connectivity index (χ4n) is 3.04. The summed E-state index contributed by atoms with van der Waals surface area (Å²) in [6.45, 7) is 5.55. The molecule has 4 nitrogen and oxygen atoms in total. The molecule has 0 N–H and O–H groups in total. The summed E-state index contributed by atoms with van der Waals surface area (Å²) >= 11 is 0. The molecule has 24 heavy (non-hydrogen) atoms. The van der Waals surface area contributed by atoms with E-state index in [2.05, 4.69) is 13.8 Å². The maximum absolute atomic E-state index is 5.81. The monoisotopic (exact) mass is 344 g/mol. The summed E-state index contributed by atoms with van der Waals surface area (Å²) < 4.78 is 0. The highest BCUT2D eigenvalue weighted by Gasteiger charge is 2.35. The zero-order valence-electron chi connectivity index (χ0n) is 16.2. The van der Waals surface area contributed by atoms with E-state index in [0.717, 1.165) is 51.4 Å². The van der Waals surface area contributed by atoms with Gasteiger partial charge in [-0.3, -0.25) is 0 Å². The number of hydrogen-bond acceptors (Lipinski definition) is 4. The minimum absolute atomic E-state index is 0.622. The predicted octanol–water partition coefficient (Wildman–Crippen LogP) is 6.48. The van der Waals surface area contributed by atoms with Gasteiger partial charge in [0, 0.05) is 12.8 Å². The molecule has 0 unspecified atom stereocenters. The van der Waals surface area contributed by atoms with Gasteiger partial charge in [0.05, 0.1) is 13.2 Å². The maximum atomic E-state index is 5.81. The van der Waals surface area contributed by atoms with Gasteiger partial charge in [-0.1, -0.05) is 71.6 Å². The molecule has 0 spiro atoms. The van der Waals surface area contributed by atoms with Crippen molar-refractivity contribution in [3.05, 3.63) is 0 Å². The molecular formula is C20H40O4. The normalized spacial score (nSPS) is 20.2. The summed E-state index contributed by atoms with van der Waals surface area (Å²) in [4.78, 5) is 22.6. The van der Waals surface area contributed by atoms with Crippen LogP contribution in [0.4, 0.5) is 0 Å². The van der Waals surface area contributed by atoms with Crippen LogP contribution in [0.25, 0.3) is 0 Å². The Morgan fingerprint density at radius 2 is 0.958 bits per heavy atom. The molecule has 0 heterocycles. The summed E-state index contributed by atoms with van der Waals surface area (Å²) in [5, 5.41) is 0. The van der Waals surface area contributed by atoms with Crippen LogP contribution < -0.4 is 0 Å². The number of rotatable bonds is 10. The molecule has 0 radical (unpaired) electrons. The lowest BCUT2D eigenvalue weighted by atomic mass is 9.97. The van der Waals surface area contributed by atoms with Gasteiger partial charge >= 0.3 is 0 Å². The Balaban J connectivity index is 2.55. The average molecular weight is 345 g/mol. The van der Waals surface area contributed by atoms with Gasteiger partial charge in [-0.15, -0.1) is 0 Å². The molecule has 0 aromatic carbocycles. The van der Waals surface area contributed by atoms with Crippen LogP contribution in [0, 0.1) is 0 Å².